The molecular weight excluding hydrogens is 242 g/mol. The van der Waals surface area contributed by atoms with Crippen molar-refractivity contribution in [2.24, 2.45) is 17.6 Å². The standard InChI is InChI=1S/C14H19N3O2/c1-9-3-2-4-13(17(18)19)14(9)16-7-10-5-6-12(15)11(10)8-16/h2-4,10-12H,5-8,15H2,1H3. The van der Waals surface area contributed by atoms with Gasteiger partial charge in [0.2, 0.25) is 0 Å². The van der Waals surface area contributed by atoms with Gasteiger partial charge in [-0.1, -0.05) is 12.1 Å². The minimum atomic E-state index is -0.281. The number of hydrogen-bond donors (Lipinski definition) is 1. The fraction of sp³-hybridized carbons (Fsp3) is 0.571. The van der Waals surface area contributed by atoms with E-state index in [0.29, 0.717) is 11.8 Å². The number of rotatable bonds is 2. The van der Waals surface area contributed by atoms with Gasteiger partial charge in [0.25, 0.3) is 5.69 Å². The van der Waals surface area contributed by atoms with Crippen molar-refractivity contribution in [1.82, 2.24) is 0 Å². The molecule has 2 fully saturated rings. The average Bonchev–Trinajstić information content (AvgIpc) is 2.91. The van der Waals surface area contributed by atoms with Crippen LogP contribution in [-0.2, 0) is 0 Å². The minimum absolute atomic E-state index is 0.216. The molecule has 1 saturated carbocycles. The number of benzene rings is 1. The molecule has 1 aromatic carbocycles. The summed E-state index contributed by atoms with van der Waals surface area (Å²) >= 11 is 0. The Morgan fingerprint density at radius 3 is 2.84 bits per heavy atom. The fourth-order valence-electron chi connectivity index (χ4n) is 3.69. The first kappa shape index (κ1) is 12.4. The predicted molar refractivity (Wildman–Crippen MR) is 74.2 cm³/mol. The second-order valence-corrected chi connectivity index (χ2v) is 5.77. The third-order valence-electron chi connectivity index (χ3n) is 4.64. The molecule has 5 nitrogen and oxygen atoms in total. The van der Waals surface area contributed by atoms with Crippen LogP contribution in [0, 0.1) is 28.9 Å². The lowest BCUT2D eigenvalue weighted by atomic mass is 9.98. The first-order valence-corrected chi connectivity index (χ1v) is 6.82. The number of aryl methyl sites for hydroxylation is 1. The molecule has 0 aromatic heterocycles. The Labute approximate surface area is 112 Å². The first-order valence-electron chi connectivity index (χ1n) is 6.82. The highest BCUT2D eigenvalue weighted by atomic mass is 16.6. The van der Waals surface area contributed by atoms with E-state index in [-0.39, 0.29) is 16.7 Å². The molecule has 0 bridgehead atoms. The van der Waals surface area contributed by atoms with Crippen molar-refractivity contribution in [3.63, 3.8) is 0 Å². The maximum Gasteiger partial charge on any atom is 0.292 e. The van der Waals surface area contributed by atoms with Gasteiger partial charge in [-0.05, 0) is 37.2 Å². The molecule has 5 heteroatoms. The molecule has 1 saturated heterocycles. The average molecular weight is 261 g/mol. The Hall–Kier alpha value is -1.62. The summed E-state index contributed by atoms with van der Waals surface area (Å²) in [5.74, 6) is 1.11. The molecule has 1 aliphatic carbocycles. The van der Waals surface area contributed by atoms with Crippen molar-refractivity contribution in [3.8, 4) is 0 Å². The van der Waals surface area contributed by atoms with E-state index in [9.17, 15) is 10.1 Å². The highest BCUT2D eigenvalue weighted by Crippen LogP contribution is 2.42. The molecule has 0 radical (unpaired) electrons. The molecule has 3 unspecified atom stereocenters. The maximum atomic E-state index is 11.2. The van der Waals surface area contributed by atoms with Crippen LogP contribution in [0.15, 0.2) is 18.2 Å². The number of nitro groups is 1. The van der Waals surface area contributed by atoms with Crippen molar-refractivity contribution in [2.45, 2.75) is 25.8 Å². The van der Waals surface area contributed by atoms with Gasteiger partial charge in [-0.25, -0.2) is 0 Å². The van der Waals surface area contributed by atoms with Gasteiger partial charge in [-0.3, -0.25) is 10.1 Å². The molecule has 102 valence electrons. The van der Waals surface area contributed by atoms with Crippen LogP contribution in [-0.4, -0.2) is 24.1 Å². The van der Waals surface area contributed by atoms with E-state index in [1.165, 1.54) is 0 Å². The van der Waals surface area contributed by atoms with E-state index in [1.807, 2.05) is 13.0 Å². The zero-order valence-corrected chi connectivity index (χ0v) is 11.1. The summed E-state index contributed by atoms with van der Waals surface area (Å²) in [6.45, 7) is 3.71. The second-order valence-electron chi connectivity index (χ2n) is 5.77. The monoisotopic (exact) mass is 261 g/mol. The molecule has 0 spiro atoms. The summed E-state index contributed by atoms with van der Waals surface area (Å²) in [6.07, 6.45) is 2.25. The third-order valence-corrected chi connectivity index (χ3v) is 4.64. The summed E-state index contributed by atoms with van der Waals surface area (Å²) in [5, 5.41) is 11.2. The molecular formula is C14H19N3O2. The van der Waals surface area contributed by atoms with Gasteiger partial charge in [0.1, 0.15) is 5.69 Å². The second kappa shape index (κ2) is 4.49. The Morgan fingerprint density at radius 1 is 1.37 bits per heavy atom. The van der Waals surface area contributed by atoms with Gasteiger partial charge in [0.05, 0.1) is 4.92 Å². The Morgan fingerprint density at radius 2 is 2.16 bits per heavy atom. The number of hydrogen-bond acceptors (Lipinski definition) is 4. The van der Waals surface area contributed by atoms with Crippen LogP contribution in [0.2, 0.25) is 0 Å². The van der Waals surface area contributed by atoms with Crippen LogP contribution in [0.3, 0.4) is 0 Å². The first-order chi connectivity index (χ1) is 9.08. The van der Waals surface area contributed by atoms with E-state index in [4.69, 9.17) is 5.73 Å². The van der Waals surface area contributed by atoms with Gasteiger partial charge in [-0.2, -0.15) is 0 Å². The van der Waals surface area contributed by atoms with Crippen LogP contribution in [0.5, 0.6) is 0 Å². The van der Waals surface area contributed by atoms with E-state index >= 15 is 0 Å². The van der Waals surface area contributed by atoms with Crippen LogP contribution in [0.25, 0.3) is 0 Å². The Kier molecular flexibility index (Phi) is 2.93. The summed E-state index contributed by atoms with van der Waals surface area (Å²) < 4.78 is 0. The molecule has 0 amide bonds. The van der Waals surface area contributed by atoms with Crippen molar-refractivity contribution >= 4 is 11.4 Å². The number of nitro benzene ring substituents is 1. The lowest BCUT2D eigenvalue weighted by Gasteiger charge is -2.22. The van der Waals surface area contributed by atoms with Crippen LogP contribution < -0.4 is 10.6 Å². The SMILES string of the molecule is Cc1cccc([N+](=O)[O-])c1N1CC2CCC(N)C2C1. The highest BCUT2D eigenvalue weighted by molar-refractivity contribution is 5.68. The molecule has 3 rings (SSSR count). The molecule has 3 atom stereocenters. The third kappa shape index (κ3) is 1.98. The van der Waals surface area contributed by atoms with E-state index in [1.54, 1.807) is 12.1 Å². The zero-order chi connectivity index (χ0) is 13.6. The highest BCUT2D eigenvalue weighted by Gasteiger charge is 2.42. The van der Waals surface area contributed by atoms with Crippen LogP contribution >= 0.6 is 0 Å². The Bertz CT molecular complexity index is 517. The molecule has 1 aromatic rings. The van der Waals surface area contributed by atoms with Gasteiger partial charge < -0.3 is 10.6 Å². The summed E-state index contributed by atoms with van der Waals surface area (Å²) in [4.78, 5) is 13.1. The normalized spacial score (nSPS) is 29.6. The Balaban J connectivity index is 1.94. The van der Waals surface area contributed by atoms with E-state index in [2.05, 4.69) is 4.90 Å². The summed E-state index contributed by atoms with van der Waals surface area (Å²) in [5.41, 5.74) is 8.11. The van der Waals surface area contributed by atoms with Crippen molar-refractivity contribution < 1.29 is 4.92 Å². The van der Waals surface area contributed by atoms with Crippen molar-refractivity contribution in [2.75, 3.05) is 18.0 Å². The largest absolute Gasteiger partial charge is 0.365 e. The number of nitrogens with zero attached hydrogens (tertiary/aromatic N) is 2. The molecule has 2 N–H and O–H groups in total. The number of fused-ring (bicyclic) bond motifs is 1. The predicted octanol–water partition coefficient (Wildman–Crippen LogP) is 2.08. The zero-order valence-electron chi connectivity index (χ0n) is 11.1. The topological polar surface area (TPSA) is 72.4 Å². The van der Waals surface area contributed by atoms with Crippen LogP contribution in [0.1, 0.15) is 18.4 Å². The lowest BCUT2D eigenvalue weighted by molar-refractivity contribution is -0.384. The van der Waals surface area contributed by atoms with E-state index in [0.717, 1.165) is 37.2 Å². The maximum absolute atomic E-state index is 11.2. The smallest absolute Gasteiger partial charge is 0.292 e. The van der Waals surface area contributed by atoms with Gasteiger partial charge >= 0.3 is 0 Å². The number of nitrogens with two attached hydrogens (primary N) is 1. The number of anilines is 1. The minimum Gasteiger partial charge on any atom is -0.365 e. The van der Waals surface area contributed by atoms with Gasteiger partial charge in [0, 0.05) is 25.2 Å². The molecule has 19 heavy (non-hydrogen) atoms. The molecule has 1 aliphatic heterocycles. The summed E-state index contributed by atoms with van der Waals surface area (Å²) in [6, 6.07) is 5.55. The fourth-order valence-corrected chi connectivity index (χ4v) is 3.69. The van der Waals surface area contributed by atoms with Crippen molar-refractivity contribution in [3.05, 3.63) is 33.9 Å². The van der Waals surface area contributed by atoms with Gasteiger partial charge in [-0.15, -0.1) is 0 Å². The summed E-state index contributed by atoms with van der Waals surface area (Å²) in [7, 11) is 0. The molecule has 2 aliphatic rings. The number of para-hydroxylation sites is 1. The van der Waals surface area contributed by atoms with E-state index < -0.39 is 0 Å². The lowest BCUT2D eigenvalue weighted by Crippen LogP contribution is -2.30. The van der Waals surface area contributed by atoms with Crippen molar-refractivity contribution in [1.29, 1.82) is 0 Å². The van der Waals surface area contributed by atoms with Gasteiger partial charge in [0.15, 0.2) is 0 Å². The quantitative estimate of drug-likeness (QED) is 0.653. The molecule has 1 heterocycles. The van der Waals surface area contributed by atoms with Crippen LogP contribution in [0.4, 0.5) is 11.4 Å².